The summed E-state index contributed by atoms with van der Waals surface area (Å²) in [5.74, 6) is 0.833. The van der Waals surface area contributed by atoms with Gasteiger partial charge < -0.3 is 19.3 Å². The molecule has 0 radical (unpaired) electrons. The van der Waals surface area contributed by atoms with Gasteiger partial charge in [-0.15, -0.1) is 0 Å². The minimum Gasteiger partial charge on any atom is -0.493 e. The molecule has 0 bridgehead atoms. The van der Waals surface area contributed by atoms with Gasteiger partial charge >= 0.3 is 0 Å². The van der Waals surface area contributed by atoms with E-state index < -0.39 is 0 Å². The van der Waals surface area contributed by atoms with Crippen molar-refractivity contribution in [1.29, 1.82) is 0 Å². The van der Waals surface area contributed by atoms with Crippen LogP contribution in [0.1, 0.15) is 16.2 Å². The molecule has 1 N–H and O–H groups in total. The topological polar surface area (TPSA) is 87.8 Å². The summed E-state index contributed by atoms with van der Waals surface area (Å²) in [4.78, 5) is 28.5. The molecule has 0 saturated carbocycles. The maximum Gasteiger partial charge on any atom is 0.274 e. The molecule has 0 aliphatic carbocycles. The monoisotopic (exact) mass is 406 g/mol. The molecule has 0 spiro atoms. The molecule has 1 fully saturated rings. The number of ether oxygens (including phenoxy) is 2. The largest absolute Gasteiger partial charge is 0.493 e. The molecular weight excluding hydrogens is 384 g/mol. The number of benzene rings is 2. The van der Waals surface area contributed by atoms with E-state index in [-0.39, 0.29) is 30.7 Å². The van der Waals surface area contributed by atoms with Crippen LogP contribution in [0.4, 0.5) is 5.69 Å². The second-order valence-electron chi connectivity index (χ2n) is 6.83. The van der Waals surface area contributed by atoms with Gasteiger partial charge in [-0.05, 0) is 30.3 Å². The number of aromatic nitrogens is 2. The summed E-state index contributed by atoms with van der Waals surface area (Å²) in [5, 5.41) is 6.92. The van der Waals surface area contributed by atoms with Gasteiger partial charge in [-0.3, -0.25) is 14.7 Å². The number of carbonyl (C=O) groups is 2. The van der Waals surface area contributed by atoms with Gasteiger partial charge in [0.1, 0.15) is 13.2 Å². The van der Waals surface area contributed by atoms with Crippen molar-refractivity contribution in [2.75, 3.05) is 31.6 Å². The molecular formula is C22H22N4O4. The van der Waals surface area contributed by atoms with E-state index in [1.54, 1.807) is 24.1 Å². The first-order valence-corrected chi connectivity index (χ1v) is 9.60. The second-order valence-corrected chi connectivity index (χ2v) is 6.83. The summed E-state index contributed by atoms with van der Waals surface area (Å²) in [6, 6.07) is 18.4. The third-order valence-electron chi connectivity index (χ3n) is 4.88. The molecule has 2 heterocycles. The van der Waals surface area contributed by atoms with E-state index >= 15 is 0 Å². The molecule has 4 rings (SSSR count). The normalized spacial score (nSPS) is 14.0. The summed E-state index contributed by atoms with van der Waals surface area (Å²) in [5.41, 5.74) is 1.75. The average molecular weight is 406 g/mol. The first-order chi connectivity index (χ1) is 14.7. The molecule has 154 valence electrons. The minimum atomic E-state index is -0.282. The number of hydrogen-bond donors (Lipinski definition) is 1. The Morgan fingerprint density at radius 3 is 2.53 bits per heavy atom. The van der Waals surface area contributed by atoms with Crippen molar-refractivity contribution in [2.24, 2.45) is 0 Å². The van der Waals surface area contributed by atoms with Crippen molar-refractivity contribution in [1.82, 2.24) is 15.1 Å². The Labute approximate surface area is 174 Å². The molecule has 8 nitrogen and oxygen atoms in total. The first-order valence-electron chi connectivity index (χ1n) is 9.60. The molecule has 0 atom stereocenters. The zero-order valence-electron chi connectivity index (χ0n) is 16.6. The number of para-hydroxylation sites is 3. The quantitative estimate of drug-likeness (QED) is 0.680. The summed E-state index contributed by atoms with van der Waals surface area (Å²) in [7, 11) is 1.58. The third-order valence-corrected chi connectivity index (χ3v) is 4.88. The first kappa shape index (κ1) is 19.5. The molecule has 2 aromatic carbocycles. The van der Waals surface area contributed by atoms with E-state index in [9.17, 15) is 9.59 Å². The Morgan fingerprint density at radius 1 is 1.07 bits per heavy atom. The van der Waals surface area contributed by atoms with Crippen LogP contribution in [0.3, 0.4) is 0 Å². The maximum absolute atomic E-state index is 12.8. The lowest BCUT2D eigenvalue weighted by molar-refractivity contribution is -0.120. The highest BCUT2D eigenvalue weighted by Crippen LogP contribution is 2.26. The van der Waals surface area contributed by atoms with Gasteiger partial charge in [0.15, 0.2) is 17.2 Å². The molecule has 1 saturated heterocycles. The summed E-state index contributed by atoms with van der Waals surface area (Å²) < 4.78 is 11.0. The van der Waals surface area contributed by atoms with Gasteiger partial charge in [-0.2, -0.15) is 5.10 Å². The van der Waals surface area contributed by atoms with Crippen LogP contribution in [0, 0.1) is 0 Å². The lowest BCUT2D eigenvalue weighted by Crippen LogP contribution is -2.52. The van der Waals surface area contributed by atoms with Gasteiger partial charge in [-0.25, -0.2) is 0 Å². The number of nitrogens with one attached hydrogen (secondary N) is 1. The zero-order valence-corrected chi connectivity index (χ0v) is 16.6. The van der Waals surface area contributed by atoms with Crippen LogP contribution in [-0.4, -0.2) is 53.7 Å². The highest BCUT2D eigenvalue weighted by atomic mass is 16.5. The third kappa shape index (κ3) is 4.12. The summed E-state index contributed by atoms with van der Waals surface area (Å²) in [6.45, 7) is 1.12. The summed E-state index contributed by atoms with van der Waals surface area (Å²) >= 11 is 0. The second kappa shape index (κ2) is 8.69. The van der Waals surface area contributed by atoms with Gasteiger partial charge in [0.05, 0.1) is 12.8 Å². The molecule has 8 heteroatoms. The van der Waals surface area contributed by atoms with E-state index in [4.69, 9.17) is 9.47 Å². The predicted molar refractivity (Wildman–Crippen MR) is 111 cm³/mol. The average Bonchev–Trinajstić information content (AvgIpc) is 3.27. The molecule has 1 aliphatic heterocycles. The molecule has 3 aromatic rings. The fourth-order valence-electron chi connectivity index (χ4n) is 3.33. The van der Waals surface area contributed by atoms with Crippen LogP contribution < -0.4 is 14.4 Å². The highest BCUT2D eigenvalue weighted by Gasteiger charge is 2.29. The van der Waals surface area contributed by atoms with Gasteiger partial charge in [0.25, 0.3) is 5.91 Å². The number of methoxy groups -OCH3 is 1. The number of carbonyl (C=O) groups excluding carboxylic acids is 2. The number of anilines is 1. The lowest BCUT2D eigenvalue weighted by Gasteiger charge is -2.34. The van der Waals surface area contributed by atoms with Crippen molar-refractivity contribution in [3.63, 3.8) is 0 Å². The number of H-pyrrole nitrogens is 1. The highest BCUT2D eigenvalue weighted by molar-refractivity contribution is 6.01. The minimum absolute atomic E-state index is 0.0215. The Balaban J connectivity index is 1.37. The molecule has 0 unspecified atom stereocenters. The fourth-order valence-corrected chi connectivity index (χ4v) is 3.33. The van der Waals surface area contributed by atoms with Crippen molar-refractivity contribution in [2.45, 2.75) is 6.61 Å². The molecule has 30 heavy (non-hydrogen) atoms. The number of piperazine rings is 1. The van der Waals surface area contributed by atoms with Gasteiger partial charge in [0.2, 0.25) is 5.91 Å². The molecule has 2 amide bonds. The van der Waals surface area contributed by atoms with Crippen LogP contribution in [0.15, 0.2) is 60.7 Å². The van der Waals surface area contributed by atoms with E-state index in [0.29, 0.717) is 30.3 Å². The van der Waals surface area contributed by atoms with E-state index in [2.05, 4.69) is 10.2 Å². The van der Waals surface area contributed by atoms with Crippen molar-refractivity contribution in [3.8, 4) is 11.5 Å². The lowest BCUT2D eigenvalue weighted by atomic mass is 10.2. The standard InChI is InChI=1S/C22H22N4O4/c1-29-19-9-5-6-10-20(19)30-15-16-13-18(24-23-16)22(28)25-11-12-26(21(27)14-25)17-7-3-2-4-8-17/h2-10,13H,11-12,14-15H2,1H3,(H,23,24). The Morgan fingerprint density at radius 2 is 1.80 bits per heavy atom. The van der Waals surface area contributed by atoms with Crippen LogP contribution >= 0.6 is 0 Å². The van der Waals surface area contributed by atoms with Gasteiger partial charge in [-0.1, -0.05) is 30.3 Å². The Bertz CT molecular complexity index is 1030. The van der Waals surface area contributed by atoms with E-state index in [0.717, 1.165) is 5.69 Å². The van der Waals surface area contributed by atoms with Crippen LogP contribution in [0.2, 0.25) is 0 Å². The zero-order chi connectivity index (χ0) is 20.9. The van der Waals surface area contributed by atoms with Crippen LogP contribution in [0.5, 0.6) is 11.5 Å². The van der Waals surface area contributed by atoms with Crippen LogP contribution in [-0.2, 0) is 11.4 Å². The van der Waals surface area contributed by atoms with Crippen molar-refractivity contribution in [3.05, 3.63) is 72.1 Å². The number of hydrogen-bond acceptors (Lipinski definition) is 5. The number of nitrogens with zero attached hydrogens (tertiary/aromatic N) is 3. The summed E-state index contributed by atoms with van der Waals surface area (Å²) in [6.07, 6.45) is 0. The SMILES string of the molecule is COc1ccccc1OCc1cc(C(=O)N2CCN(c3ccccc3)C(=O)C2)n[nH]1. The predicted octanol–water partition coefficient (Wildman–Crippen LogP) is 2.49. The van der Waals surface area contributed by atoms with Gasteiger partial charge in [0, 0.05) is 18.8 Å². The fraction of sp³-hybridized carbons (Fsp3) is 0.227. The van der Waals surface area contributed by atoms with E-state index in [1.807, 2.05) is 48.5 Å². The van der Waals surface area contributed by atoms with E-state index in [1.165, 1.54) is 4.90 Å². The number of amides is 2. The number of aromatic amines is 1. The smallest absolute Gasteiger partial charge is 0.274 e. The number of rotatable bonds is 6. The van der Waals surface area contributed by atoms with Crippen LogP contribution in [0.25, 0.3) is 0 Å². The molecule has 1 aliphatic rings. The maximum atomic E-state index is 12.8. The Kier molecular flexibility index (Phi) is 5.65. The van der Waals surface area contributed by atoms with Crippen molar-refractivity contribution < 1.29 is 19.1 Å². The molecule has 1 aromatic heterocycles. The van der Waals surface area contributed by atoms with Crippen molar-refractivity contribution >= 4 is 17.5 Å². The Hall–Kier alpha value is -3.81.